The molecule has 8 aromatic carbocycles. The predicted octanol–water partition coefficient (Wildman–Crippen LogP) is 12.7. The van der Waals surface area contributed by atoms with Gasteiger partial charge in [0.05, 0.1) is 26.9 Å². The molecule has 0 saturated heterocycles. The van der Waals surface area contributed by atoms with Crippen LogP contribution in [-0.4, -0.2) is 14.5 Å². The molecule has 4 heteroatoms. The Morgan fingerprint density at radius 3 is 1.92 bits per heavy atom. The van der Waals surface area contributed by atoms with Crippen molar-refractivity contribution in [2.75, 3.05) is 0 Å². The van der Waals surface area contributed by atoms with E-state index in [1.807, 2.05) is 0 Å². The molecule has 0 amide bonds. The van der Waals surface area contributed by atoms with Crippen LogP contribution in [0.4, 0.5) is 0 Å². The molecule has 0 spiro atoms. The van der Waals surface area contributed by atoms with Gasteiger partial charge < -0.3 is 4.57 Å². The Morgan fingerprint density at radius 1 is 0.460 bits per heavy atom. The van der Waals surface area contributed by atoms with Crippen LogP contribution in [0, 0.1) is 0 Å². The molecular weight excluding hydrogens is 627 g/mol. The van der Waals surface area contributed by atoms with Crippen LogP contribution in [-0.2, 0) is 0 Å². The number of fused-ring (bicyclic) bond motifs is 12. The van der Waals surface area contributed by atoms with Crippen molar-refractivity contribution >= 4 is 85.8 Å². The van der Waals surface area contributed by atoms with Crippen LogP contribution in [0.1, 0.15) is 0 Å². The first kappa shape index (κ1) is 27.6. The minimum absolute atomic E-state index is 0.725. The average Bonchev–Trinajstić information content (AvgIpc) is 3.73. The molecular formula is C46H27N3S. The van der Waals surface area contributed by atoms with Crippen LogP contribution in [0.25, 0.3) is 103 Å². The SMILES string of the molecule is c1ccc(-c2nc(-c3cccc(-n4c5cc6ccccc6cc5c5c6ccccc6c6ccccc6c54)c3)nc3c2sc2ccccc23)cc1. The Bertz CT molecular complexity index is 3150. The second kappa shape index (κ2) is 10.6. The molecule has 0 aliphatic heterocycles. The molecule has 0 saturated carbocycles. The maximum Gasteiger partial charge on any atom is 0.160 e. The third-order valence-electron chi connectivity index (χ3n) is 10.1. The van der Waals surface area contributed by atoms with E-state index in [4.69, 9.17) is 9.97 Å². The molecule has 3 aromatic heterocycles. The molecule has 11 aromatic rings. The van der Waals surface area contributed by atoms with Crippen molar-refractivity contribution in [1.82, 2.24) is 14.5 Å². The zero-order valence-electron chi connectivity index (χ0n) is 26.8. The van der Waals surface area contributed by atoms with E-state index in [2.05, 4.69) is 168 Å². The molecule has 0 fully saturated rings. The van der Waals surface area contributed by atoms with Crippen molar-refractivity contribution in [1.29, 1.82) is 0 Å². The van der Waals surface area contributed by atoms with Gasteiger partial charge in [0.1, 0.15) is 0 Å². The van der Waals surface area contributed by atoms with Gasteiger partial charge in [0.15, 0.2) is 5.82 Å². The van der Waals surface area contributed by atoms with Gasteiger partial charge in [-0.25, -0.2) is 9.97 Å². The van der Waals surface area contributed by atoms with Gasteiger partial charge in [-0.15, -0.1) is 11.3 Å². The quantitative estimate of drug-likeness (QED) is 0.178. The van der Waals surface area contributed by atoms with Gasteiger partial charge in [-0.1, -0.05) is 133 Å². The number of nitrogens with zero attached hydrogens (tertiary/aromatic N) is 3. The van der Waals surface area contributed by atoms with E-state index < -0.39 is 0 Å². The highest BCUT2D eigenvalue weighted by atomic mass is 32.1. The molecule has 0 aliphatic carbocycles. The summed E-state index contributed by atoms with van der Waals surface area (Å²) in [6.45, 7) is 0. The molecule has 11 rings (SSSR count). The number of hydrogen-bond donors (Lipinski definition) is 0. The highest BCUT2D eigenvalue weighted by Crippen LogP contribution is 2.44. The summed E-state index contributed by atoms with van der Waals surface area (Å²) >= 11 is 1.76. The van der Waals surface area contributed by atoms with Gasteiger partial charge >= 0.3 is 0 Å². The van der Waals surface area contributed by atoms with Crippen LogP contribution < -0.4 is 0 Å². The Labute approximate surface area is 291 Å². The fourth-order valence-electron chi connectivity index (χ4n) is 7.93. The Morgan fingerprint density at radius 2 is 1.10 bits per heavy atom. The second-order valence-corrected chi connectivity index (χ2v) is 14.0. The van der Waals surface area contributed by atoms with E-state index in [0.717, 1.165) is 43.9 Å². The topological polar surface area (TPSA) is 30.7 Å². The predicted molar refractivity (Wildman–Crippen MR) is 213 cm³/mol. The molecule has 0 N–H and O–H groups in total. The lowest BCUT2D eigenvalue weighted by Crippen LogP contribution is -1.97. The molecule has 0 bridgehead atoms. The third-order valence-corrected chi connectivity index (χ3v) is 11.3. The fraction of sp³-hybridized carbons (Fsp3) is 0. The second-order valence-electron chi connectivity index (χ2n) is 13.0. The van der Waals surface area contributed by atoms with Gasteiger partial charge in [-0.05, 0) is 57.3 Å². The van der Waals surface area contributed by atoms with Crippen LogP contribution in [0.15, 0.2) is 164 Å². The van der Waals surface area contributed by atoms with Gasteiger partial charge in [-0.3, -0.25) is 0 Å². The lowest BCUT2D eigenvalue weighted by molar-refractivity contribution is 1.18. The lowest BCUT2D eigenvalue weighted by atomic mass is 9.96. The van der Waals surface area contributed by atoms with E-state index in [0.29, 0.717) is 0 Å². The summed E-state index contributed by atoms with van der Waals surface area (Å²) in [5.41, 5.74) is 7.53. The van der Waals surface area contributed by atoms with Crippen molar-refractivity contribution in [3.63, 3.8) is 0 Å². The maximum absolute atomic E-state index is 5.31. The first-order chi connectivity index (χ1) is 24.8. The number of thiophene rings is 1. The fourth-order valence-corrected chi connectivity index (χ4v) is 9.08. The highest BCUT2D eigenvalue weighted by molar-refractivity contribution is 7.26. The molecule has 0 unspecified atom stereocenters. The standard InChI is InChI=1S/C46H27N3S/c1-2-13-28(14-3-1)42-45-43(37-23-10-11-24-40(37)50-45)48-46(47-42)31-17-12-18-32(25-31)49-39-27-30-16-5-4-15-29(30)26-38(39)41-35-21-8-6-19-33(35)34-20-7-9-22-36(34)44(41)49/h1-27H. The highest BCUT2D eigenvalue weighted by Gasteiger charge is 2.21. The molecule has 232 valence electrons. The minimum Gasteiger partial charge on any atom is -0.309 e. The smallest absolute Gasteiger partial charge is 0.160 e. The van der Waals surface area contributed by atoms with Crippen LogP contribution in [0.5, 0.6) is 0 Å². The van der Waals surface area contributed by atoms with E-state index in [1.54, 1.807) is 11.3 Å². The van der Waals surface area contributed by atoms with Crippen LogP contribution in [0.3, 0.4) is 0 Å². The Hall–Kier alpha value is -6.36. The van der Waals surface area contributed by atoms with E-state index >= 15 is 0 Å². The number of hydrogen-bond acceptors (Lipinski definition) is 3. The molecule has 0 atom stereocenters. The van der Waals surface area contributed by atoms with Gasteiger partial charge in [-0.2, -0.15) is 0 Å². The summed E-state index contributed by atoms with van der Waals surface area (Å²) in [7, 11) is 0. The normalized spacial score (nSPS) is 12.0. The summed E-state index contributed by atoms with van der Waals surface area (Å²) in [4.78, 5) is 10.6. The Kier molecular flexibility index (Phi) is 5.83. The van der Waals surface area contributed by atoms with Gasteiger partial charge in [0.2, 0.25) is 0 Å². The monoisotopic (exact) mass is 653 g/mol. The molecule has 3 nitrogen and oxygen atoms in total. The summed E-state index contributed by atoms with van der Waals surface area (Å²) in [6, 6.07) is 58.9. The third kappa shape index (κ3) is 3.97. The number of benzene rings is 8. The zero-order chi connectivity index (χ0) is 32.8. The lowest BCUT2D eigenvalue weighted by Gasteiger charge is -2.13. The van der Waals surface area contributed by atoms with Crippen LogP contribution in [0.2, 0.25) is 0 Å². The van der Waals surface area contributed by atoms with E-state index in [-0.39, 0.29) is 0 Å². The summed E-state index contributed by atoms with van der Waals surface area (Å²) in [5, 5.41) is 11.2. The largest absolute Gasteiger partial charge is 0.309 e. The average molecular weight is 654 g/mol. The Balaban J connectivity index is 1.25. The molecule has 0 radical (unpaired) electrons. The van der Waals surface area contributed by atoms with Crippen LogP contribution >= 0.6 is 11.3 Å². The summed E-state index contributed by atoms with van der Waals surface area (Å²) in [5.74, 6) is 0.725. The number of rotatable bonds is 3. The molecule has 0 aliphatic rings. The van der Waals surface area contributed by atoms with Crippen molar-refractivity contribution in [2.24, 2.45) is 0 Å². The summed E-state index contributed by atoms with van der Waals surface area (Å²) in [6.07, 6.45) is 0. The van der Waals surface area contributed by atoms with Crippen molar-refractivity contribution in [2.45, 2.75) is 0 Å². The first-order valence-electron chi connectivity index (χ1n) is 16.9. The first-order valence-corrected chi connectivity index (χ1v) is 17.7. The molecule has 50 heavy (non-hydrogen) atoms. The van der Waals surface area contributed by atoms with E-state index in [9.17, 15) is 0 Å². The minimum atomic E-state index is 0.725. The van der Waals surface area contributed by atoms with Gasteiger partial charge in [0.25, 0.3) is 0 Å². The van der Waals surface area contributed by atoms with Crippen molar-refractivity contribution < 1.29 is 0 Å². The summed E-state index contributed by atoms with van der Waals surface area (Å²) < 4.78 is 4.80. The van der Waals surface area contributed by atoms with Crippen molar-refractivity contribution in [3.8, 4) is 28.3 Å². The number of aromatic nitrogens is 3. The van der Waals surface area contributed by atoms with Gasteiger partial charge in [0, 0.05) is 43.1 Å². The zero-order valence-corrected chi connectivity index (χ0v) is 27.7. The van der Waals surface area contributed by atoms with Crippen molar-refractivity contribution in [3.05, 3.63) is 164 Å². The van der Waals surface area contributed by atoms with E-state index in [1.165, 1.54) is 58.8 Å². The maximum atomic E-state index is 5.31. The molecule has 3 heterocycles.